The lowest BCUT2D eigenvalue weighted by Crippen LogP contribution is -2.56. The van der Waals surface area contributed by atoms with E-state index >= 15 is 0 Å². The maximum atomic E-state index is 5.47. The van der Waals surface area contributed by atoms with Gasteiger partial charge in [-0.25, -0.2) is 0 Å². The minimum absolute atomic E-state index is 0. The molecule has 9 heteroatoms. The first-order valence-electron chi connectivity index (χ1n) is 9.65. The van der Waals surface area contributed by atoms with E-state index in [9.17, 15) is 0 Å². The maximum absolute atomic E-state index is 5.47. The lowest BCUT2D eigenvalue weighted by atomic mass is 9.99. The van der Waals surface area contributed by atoms with E-state index < -0.39 is 0 Å². The molecule has 27 heavy (non-hydrogen) atoms. The van der Waals surface area contributed by atoms with Gasteiger partial charge in [0.05, 0.1) is 13.2 Å². The molecule has 3 rings (SSSR count). The molecular formula is C18H34IN7O. The second kappa shape index (κ2) is 10.0. The molecule has 1 aromatic rings. The average molecular weight is 491 g/mol. The first kappa shape index (κ1) is 22.4. The second-order valence-electron chi connectivity index (χ2n) is 7.90. The second-order valence-corrected chi connectivity index (χ2v) is 7.90. The molecule has 8 nitrogen and oxygen atoms in total. The lowest BCUT2D eigenvalue weighted by Gasteiger charge is -2.41. The molecule has 0 amide bonds. The number of aromatic nitrogens is 3. The molecule has 0 bridgehead atoms. The van der Waals surface area contributed by atoms with Gasteiger partial charge in [0.15, 0.2) is 5.96 Å². The lowest BCUT2D eigenvalue weighted by molar-refractivity contribution is -0.00834. The van der Waals surface area contributed by atoms with Crippen LogP contribution in [0, 0.1) is 12.8 Å². The number of hydrogen-bond donors (Lipinski definition) is 2. The third kappa shape index (κ3) is 5.77. The predicted molar refractivity (Wildman–Crippen MR) is 118 cm³/mol. The van der Waals surface area contributed by atoms with Gasteiger partial charge in [0.2, 0.25) is 0 Å². The molecule has 154 valence electrons. The van der Waals surface area contributed by atoms with Gasteiger partial charge in [0.1, 0.15) is 11.6 Å². The van der Waals surface area contributed by atoms with Crippen LogP contribution < -0.4 is 10.6 Å². The predicted octanol–water partition coefficient (Wildman–Crippen LogP) is 1.04. The summed E-state index contributed by atoms with van der Waals surface area (Å²) >= 11 is 0. The van der Waals surface area contributed by atoms with Crippen LogP contribution in [0.1, 0.15) is 31.9 Å². The highest BCUT2D eigenvalue weighted by molar-refractivity contribution is 14.0. The van der Waals surface area contributed by atoms with E-state index in [1.165, 1.54) is 0 Å². The van der Waals surface area contributed by atoms with Gasteiger partial charge in [-0.15, -0.1) is 34.2 Å². The summed E-state index contributed by atoms with van der Waals surface area (Å²) in [5.41, 5.74) is 0.0702. The Balaban J connectivity index is 0.00000261. The van der Waals surface area contributed by atoms with Crippen molar-refractivity contribution < 1.29 is 4.74 Å². The Morgan fingerprint density at radius 2 is 2.00 bits per heavy atom. The minimum Gasteiger partial charge on any atom is -0.379 e. The van der Waals surface area contributed by atoms with Gasteiger partial charge in [-0.1, -0.05) is 0 Å². The molecule has 1 unspecified atom stereocenters. The van der Waals surface area contributed by atoms with Crippen LogP contribution in [0.2, 0.25) is 0 Å². The Morgan fingerprint density at radius 3 is 2.70 bits per heavy atom. The zero-order valence-corrected chi connectivity index (χ0v) is 19.3. The number of hydrogen-bond acceptors (Lipinski definition) is 5. The average Bonchev–Trinajstić information content (AvgIpc) is 3.03. The van der Waals surface area contributed by atoms with Crippen LogP contribution in [-0.2, 0) is 17.7 Å². The first-order valence-corrected chi connectivity index (χ1v) is 9.65. The van der Waals surface area contributed by atoms with E-state index in [1.54, 1.807) is 0 Å². The van der Waals surface area contributed by atoms with Crippen LogP contribution in [0.3, 0.4) is 0 Å². The van der Waals surface area contributed by atoms with Crippen molar-refractivity contribution >= 4 is 29.9 Å². The summed E-state index contributed by atoms with van der Waals surface area (Å²) in [5, 5.41) is 15.4. The van der Waals surface area contributed by atoms with Gasteiger partial charge in [-0.2, -0.15) is 0 Å². The molecule has 0 aliphatic carbocycles. The van der Waals surface area contributed by atoms with Gasteiger partial charge in [-0.3, -0.25) is 9.89 Å². The highest BCUT2D eigenvalue weighted by Gasteiger charge is 2.28. The van der Waals surface area contributed by atoms with E-state index in [4.69, 9.17) is 4.74 Å². The third-order valence-corrected chi connectivity index (χ3v) is 5.57. The number of nitrogens with zero attached hydrogens (tertiary/aromatic N) is 5. The number of rotatable bonds is 5. The zero-order chi connectivity index (χ0) is 18.6. The number of aryl methyl sites for hydroxylation is 2. The van der Waals surface area contributed by atoms with E-state index in [0.29, 0.717) is 5.92 Å². The van der Waals surface area contributed by atoms with E-state index in [1.807, 2.05) is 14.0 Å². The summed E-state index contributed by atoms with van der Waals surface area (Å²) in [6.45, 7) is 12.9. The quantitative estimate of drug-likeness (QED) is 0.364. The molecule has 2 aliphatic rings. The van der Waals surface area contributed by atoms with Crippen molar-refractivity contribution in [3.8, 4) is 0 Å². The topological polar surface area (TPSA) is 79.6 Å². The summed E-state index contributed by atoms with van der Waals surface area (Å²) in [6.07, 6.45) is 2.14. The Hall–Kier alpha value is -0.940. The number of nitrogens with one attached hydrogen (secondary N) is 2. The van der Waals surface area contributed by atoms with Crippen LogP contribution in [0.15, 0.2) is 4.99 Å². The van der Waals surface area contributed by atoms with Crippen molar-refractivity contribution in [3.63, 3.8) is 0 Å². The molecule has 0 radical (unpaired) electrons. The van der Waals surface area contributed by atoms with Gasteiger partial charge < -0.3 is 19.9 Å². The molecular weight excluding hydrogens is 457 g/mol. The Morgan fingerprint density at radius 1 is 1.26 bits per heavy atom. The largest absolute Gasteiger partial charge is 0.379 e. The summed E-state index contributed by atoms with van der Waals surface area (Å²) in [7, 11) is 1.83. The van der Waals surface area contributed by atoms with Crippen molar-refractivity contribution in [1.82, 2.24) is 30.3 Å². The van der Waals surface area contributed by atoms with Crippen molar-refractivity contribution in [2.75, 3.05) is 46.4 Å². The highest BCUT2D eigenvalue weighted by atomic mass is 127. The Labute approximate surface area is 179 Å². The van der Waals surface area contributed by atoms with Crippen molar-refractivity contribution in [2.45, 2.75) is 45.7 Å². The fourth-order valence-corrected chi connectivity index (χ4v) is 3.74. The number of fused-ring (bicyclic) bond motifs is 1. The van der Waals surface area contributed by atoms with Crippen molar-refractivity contribution in [1.29, 1.82) is 0 Å². The molecule has 0 spiro atoms. The molecule has 3 heterocycles. The third-order valence-electron chi connectivity index (χ3n) is 5.57. The molecule has 2 aliphatic heterocycles. The number of guanidine groups is 1. The summed E-state index contributed by atoms with van der Waals surface area (Å²) in [4.78, 5) is 6.87. The molecule has 0 saturated carbocycles. The molecule has 0 aromatic carbocycles. The van der Waals surface area contributed by atoms with Gasteiger partial charge in [-0.05, 0) is 33.1 Å². The number of morpholine rings is 1. The summed E-state index contributed by atoms with van der Waals surface area (Å²) < 4.78 is 7.71. The first-order chi connectivity index (χ1) is 12.5. The van der Waals surface area contributed by atoms with Gasteiger partial charge >= 0.3 is 0 Å². The van der Waals surface area contributed by atoms with Crippen LogP contribution in [0.25, 0.3) is 0 Å². The van der Waals surface area contributed by atoms with Crippen molar-refractivity contribution in [2.24, 2.45) is 10.9 Å². The van der Waals surface area contributed by atoms with Crippen LogP contribution in [-0.4, -0.2) is 77.6 Å². The molecule has 1 aromatic heterocycles. The summed E-state index contributed by atoms with van der Waals surface area (Å²) in [6, 6.07) is 0. The Bertz CT molecular complexity index is 625. The number of halogens is 1. The van der Waals surface area contributed by atoms with Crippen LogP contribution in [0.4, 0.5) is 0 Å². The molecule has 1 fully saturated rings. The molecule has 1 saturated heterocycles. The smallest absolute Gasteiger partial charge is 0.191 e. The van der Waals surface area contributed by atoms with Crippen LogP contribution in [0.5, 0.6) is 0 Å². The minimum atomic E-state index is 0. The van der Waals surface area contributed by atoms with E-state index in [2.05, 4.69) is 49.1 Å². The maximum Gasteiger partial charge on any atom is 0.191 e. The zero-order valence-electron chi connectivity index (χ0n) is 17.0. The summed E-state index contributed by atoms with van der Waals surface area (Å²) in [5.74, 6) is 3.58. The SMILES string of the molecule is CN=C(NCC1CCc2nnc(C)n2C1)NCC(C)(C)N1CCOCC1.I. The molecule has 1 atom stereocenters. The number of aliphatic imine (C=N–C) groups is 1. The molecule has 2 N–H and O–H groups in total. The van der Waals surface area contributed by atoms with E-state index in [0.717, 1.165) is 76.4 Å². The van der Waals surface area contributed by atoms with Crippen molar-refractivity contribution in [3.05, 3.63) is 11.6 Å². The van der Waals surface area contributed by atoms with Gasteiger partial charge in [0, 0.05) is 51.7 Å². The Kier molecular flexibility index (Phi) is 8.29. The fourth-order valence-electron chi connectivity index (χ4n) is 3.74. The normalized spacial score (nSPS) is 21.3. The van der Waals surface area contributed by atoms with Crippen LogP contribution >= 0.6 is 24.0 Å². The standard InChI is InChI=1S/C18H33N7O.HI/c1-14-22-23-16-6-5-15(12-25(14)16)11-20-17(19-4)21-13-18(2,3)24-7-9-26-10-8-24;/h15H,5-13H2,1-4H3,(H2,19,20,21);1H. The fraction of sp³-hybridized carbons (Fsp3) is 0.833. The monoisotopic (exact) mass is 491 g/mol. The van der Waals surface area contributed by atoms with E-state index in [-0.39, 0.29) is 29.5 Å². The number of ether oxygens (including phenoxy) is 1. The highest BCUT2D eigenvalue weighted by Crippen LogP contribution is 2.19. The van der Waals surface area contributed by atoms with Gasteiger partial charge in [0.25, 0.3) is 0 Å².